The zero-order chi connectivity index (χ0) is 26.6. The number of nitrogens with zero attached hydrogens (tertiary/aromatic N) is 6. The van der Waals surface area contributed by atoms with E-state index in [-0.39, 0.29) is 44.5 Å². The highest BCUT2D eigenvalue weighted by molar-refractivity contribution is 5.85. The molecule has 0 fully saturated rings. The van der Waals surface area contributed by atoms with Crippen molar-refractivity contribution >= 4 is 29.3 Å². The quantitative estimate of drug-likeness (QED) is 0.0403. The van der Waals surface area contributed by atoms with Crippen LogP contribution in [-0.2, 0) is 9.59 Å². The molecule has 202 valence electrons. The number of nitrogens with one attached hydrogen (secondary N) is 5. The summed E-state index contributed by atoms with van der Waals surface area (Å²) >= 11 is 0. The maximum atomic E-state index is 12.0. The number of hydrazone groups is 3. The molecule has 0 saturated heterocycles. The largest absolute Gasteiger partial charge is 0.358 e. The Bertz CT molecular complexity index is 664. The van der Waals surface area contributed by atoms with Gasteiger partial charge in [0.2, 0.25) is 11.8 Å². The zero-order valence-electron chi connectivity index (χ0n) is 20.3. The molecule has 0 heterocycles. The Hall–Kier alpha value is -3.49. The van der Waals surface area contributed by atoms with Gasteiger partial charge in [-0.05, 0) is 0 Å². The van der Waals surface area contributed by atoms with E-state index in [4.69, 9.17) is 35.1 Å². The molecule has 0 aromatic rings. The lowest BCUT2D eigenvalue weighted by Gasteiger charge is -2.30. The van der Waals surface area contributed by atoms with Crippen molar-refractivity contribution in [2.75, 3.05) is 73.0 Å². The minimum atomic E-state index is -0.197. The number of hydrogen-bond acceptors (Lipinski definition) is 14. The molecule has 0 aliphatic heterocycles. The van der Waals surface area contributed by atoms with E-state index in [1.165, 1.54) is 0 Å². The van der Waals surface area contributed by atoms with Gasteiger partial charge in [-0.25, -0.2) is 17.5 Å². The summed E-state index contributed by atoms with van der Waals surface area (Å²) in [7, 11) is 3.08. The van der Waals surface area contributed by atoms with Crippen molar-refractivity contribution in [3.8, 4) is 0 Å². The highest BCUT2D eigenvalue weighted by Crippen LogP contribution is 1.98. The number of amidine groups is 3. The second-order valence-electron chi connectivity index (χ2n) is 7.20. The maximum Gasteiger partial charge on any atom is 0.233 e. The van der Waals surface area contributed by atoms with Crippen LogP contribution in [0, 0.1) is 0 Å². The minimum Gasteiger partial charge on any atom is -0.358 e. The Morgan fingerprint density at radius 3 is 1.11 bits per heavy atom. The molecule has 17 N–H and O–H groups in total. The average Bonchev–Trinajstić information content (AvgIpc) is 2.88. The van der Waals surface area contributed by atoms with E-state index in [1.807, 2.05) is 4.90 Å². The van der Waals surface area contributed by atoms with Crippen LogP contribution in [0.4, 0.5) is 0 Å². The van der Waals surface area contributed by atoms with Gasteiger partial charge in [-0.3, -0.25) is 24.3 Å². The number of rotatable bonds is 16. The first-order valence-corrected chi connectivity index (χ1v) is 10.6. The van der Waals surface area contributed by atoms with Crippen molar-refractivity contribution in [3.05, 3.63) is 0 Å². The van der Waals surface area contributed by atoms with E-state index >= 15 is 0 Å². The van der Waals surface area contributed by atoms with Gasteiger partial charge < -0.3 is 44.4 Å². The van der Waals surface area contributed by atoms with Crippen LogP contribution in [0.3, 0.4) is 0 Å². The van der Waals surface area contributed by atoms with Crippen LogP contribution in [0.15, 0.2) is 15.3 Å². The van der Waals surface area contributed by atoms with Gasteiger partial charge in [0.15, 0.2) is 0 Å². The molecule has 35 heavy (non-hydrogen) atoms. The number of hydrazine groups is 3. The van der Waals surface area contributed by atoms with Crippen LogP contribution in [-0.4, -0.2) is 117 Å². The second kappa shape index (κ2) is 18.9. The van der Waals surface area contributed by atoms with E-state index < -0.39 is 0 Å². The van der Waals surface area contributed by atoms with Crippen molar-refractivity contribution in [2.45, 2.75) is 0 Å². The normalized spacial score (nSPS) is 12.7. The molecule has 2 amide bonds. The summed E-state index contributed by atoms with van der Waals surface area (Å²) in [5, 5.41) is 15.9. The Morgan fingerprint density at radius 2 is 0.857 bits per heavy atom. The lowest BCUT2D eigenvalue weighted by atomic mass is 10.3. The number of likely N-dealkylation sites (N-methyl/N-ethyl adjacent to an activating group) is 2. The molecule has 0 spiro atoms. The van der Waals surface area contributed by atoms with Crippen LogP contribution in [0.1, 0.15) is 0 Å². The summed E-state index contributed by atoms with van der Waals surface area (Å²) in [6.45, 7) is 2.62. The third-order valence-electron chi connectivity index (χ3n) is 4.84. The molecular weight excluding hydrogens is 462 g/mol. The average molecular weight is 504 g/mol. The molecule has 0 saturated carbocycles. The van der Waals surface area contributed by atoms with Gasteiger partial charge >= 0.3 is 0 Å². The molecule has 0 rings (SSSR count). The predicted octanol–water partition coefficient (Wildman–Crippen LogP) is -7.41. The minimum absolute atomic E-state index is 0.0826. The molecule has 0 aromatic carbocycles. The summed E-state index contributed by atoms with van der Waals surface area (Å²) in [6.07, 6.45) is 0. The van der Waals surface area contributed by atoms with Crippen LogP contribution < -0.4 is 62.0 Å². The summed E-state index contributed by atoms with van der Waals surface area (Å²) in [4.78, 5) is 29.5. The van der Waals surface area contributed by atoms with Crippen LogP contribution in [0.5, 0.6) is 0 Å². The third kappa shape index (κ3) is 13.7. The topological polar surface area (TPSA) is 297 Å². The van der Waals surface area contributed by atoms with Gasteiger partial charge in [0.1, 0.15) is 17.5 Å². The number of nitrogens with two attached hydrogens (primary N) is 6. The van der Waals surface area contributed by atoms with Crippen molar-refractivity contribution in [1.29, 1.82) is 0 Å². The SMILES string of the molecule is CNC(=O)CN(CCN(CCN(CC(=O)NC)C/C(=N/N)NN)C/C(=N/N)NN)C/C(=N/N)NN. The zero-order valence-corrected chi connectivity index (χ0v) is 20.3. The van der Waals surface area contributed by atoms with Crippen LogP contribution in [0.2, 0.25) is 0 Å². The molecule has 19 heteroatoms. The summed E-state index contributed by atoms with van der Waals surface area (Å²) < 4.78 is 0. The maximum absolute atomic E-state index is 12.0. The van der Waals surface area contributed by atoms with Crippen molar-refractivity contribution in [2.24, 2.45) is 50.4 Å². The summed E-state index contributed by atoms with van der Waals surface area (Å²) in [5.41, 5.74) is 7.24. The monoisotopic (exact) mass is 503 g/mol. The van der Waals surface area contributed by atoms with E-state index in [1.54, 1.807) is 23.9 Å². The van der Waals surface area contributed by atoms with Gasteiger partial charge in [0.05, 0.1) is 32.7 Å². The van der Waals surface area contributed by atoms with Crippen molar-refractivity contribution in [1.82, 2.24) is 41.6 Å². The van der Waals surface area contributed by atoms with Gasteiger partial charge in [-0.15, -0.1) is 0 Å². The fourth-order valence-corrected chi connectivity index (χ4v) is 2.83. The first-order chi connectivity index (χ1) is 16.8. The van der Waals surface area contributed by atoms with E-state index in [0.29, 0.717) is 43.7 Å². The van der Waals surface area contributed by atoms with Gasteiger partial charge in [0, 0.05) is 40.3 Å². The molecule has 0 bridgehead atoms. The molecule has 0 radical (unpaired) electrons. The molecule has 19 nitrogen and oxygen atoms in total. The summed E-state index contributed by atoms with van der Waals surface area (Å²) in [5.74, 6) is 33.0. The van der Waals surface area contributed by atoms with Crippen molar-refractivity contribution < 1.29 is 9.59 Å². The lowest BCUT2D eigenvalue weighted by Crippen LogP contribution is -2.50. The second-order valence-corrected chi connectivity index (χ2v) is 7.20. The highest BCUT2D eigenvalue weighted by atomic mass is 16.2. The first-order valence-electron chi connectivity index (χ1n) is 10.6. The molecule has 0 unspecified atom stereocenters. The number of amides is 2. The van der Waals surface area contributed by atoms with E-state index in [2.05, 4.69) is 42.2 Å². The predicted molar refractivity (Wildman–Crippen MR) is 134 cm³/mol. The molecule has 0 aromatic heterocycles. The summed E-state index contributed by atoms with van der Waals surface area (Å²) in [6, 6.07) is 0. The highest BCUT2D eigenvalue weighted by Gasteiger charge is 2.18. The lowest BCUT2D eigenvalue weighted by molar-refractivity contribution is -0.122. The Labute approximate surface area is 204 Å². The Kier molecular flexibility index (Phi) is 17.0. The van der Waals surface area contributed by atoms with E-state index in [9.17, 15) is 9.59 Å². The molecule has 0 aliphatic rings. The number of hydrogen-bond donors (Lipinski definition) is 11. The van der Waals surface area contributed by atoms with Gasteiger partial charge in [0.25, 0.3) is 0 Å². The number of carbonyl (C=O) groups is 2. The fourth-order valence-electron chi connectivity index (χ4n) is 2.83. The molecule has 0 atom stereocenters. The first kappa shape index (κ1) is 31.5. The standard InChI is InChI=1S/C16H41N17O2/c1-23-15(34)10-32(8-13(27-19)28-20)5-3-31(7-12(25-17)26-18)4-6-33(11-16(35)24-2)9-14(29-21)30-22/h3-11,17-22H2,1-2H3,(H,23,34)(H,24,35)(H,25,26)(H,27,28)(H,29,30). The van der Waals surface area contributed by atoms with Gasteiger partial charge in [-0.2, -0.15) is 15.3 Å². The van der Waals surface area contributed by atoms with E-state index in [0.717, 1.165) is 0 Å². The number of carbonyl (C=O) groups excluding carboxylic acids is 2. The fraction of sp³-hybridized carbons (Fsp3) is 0.688. The van der Waals surface area contributed by atoms with Gasteiger partial charge in [-0.1, -0.05) is 0 Å². The molecule has 0 aliphatic carbocycles. The Balaban J connectivity index is 5.50. The Morgan fingerprint density at radius 1 is 0.571 bits per heavy atom. The smallest absolute Gasteiger partial charge is 0.233 e. The molecular formula is C16H41N17O2. The van der Waals surface area contributed by atoms with Crippen molar-refractivity contribution in [3.63, 3.8) is 0 Å². The van der Waals surface area contributed by atoms with Crippen LogP contribution >= 0.6 is 0 Å². The van der Waals surface area contributed by atoms with Crippen LogP contribution in [0.25, 0.3) is 0 Å². The third-order valence-corrected chi connectivity index (χ3v) is 4.84.